The first kappa shape index (κ1) is 24.1. The number of methoxy groups -OCH3 is 1. The van der Waals surface area contributed by atoms with E-state index in [0.29, 0.717) is 35.4 Å². The molecule has 1 saturated heterocycles. The molecule has 0 saturated carbocycles. The highest BCUT2D eigenvalue weighted by Crippen LogP contribution is 2.35. The van der Waals surface area contributed by atoms with E-state index >= 15 is 0 Å². The molecular formula is C26H28FN5O4. The van der Waals surface area contributed by atoms with Crippen LogP contribution in [0.25, 0.3) is 0 Å². The third kappa shape index (κ3) is 5.15. The number of hydrogen-bond donors (Lipinski definition) is 4. The van der Waals surface area contributed by atoms with E-state index in [2.05, 4.69) is 25.9 Å². The Balaban J connectivity index is 1.33. The highest BCUT2D eigenvalue weighted by molar-refractivity contribution is 6.02. The molecule has 1 aliphatic heterocycles. The molecule has 5 rings (SSSR count). The van der Waals surface area contributed by atoms with E-state index in [1.54, 1.807) is 30.3 Å². The van der Waals surface area contributed by atoms with Crippen molar-refractivity contribution in [2.24, 2.45) is 0 Å². The highest BCUT2D eigenvalue weighted by atomic mass is 19.1. The average molecular weight is 494 g/mol. The summed E-state index contributed by atoms with van der Waals surface area (Å²) >= 11 is 0. The van der Waals surface area contributed by atoms with Crippen LogP contribution in [0.15, 0.2) is 42.6 Å². The average Bonchev–Trinajstić information content (AvgIpc) is 3.28. The van der Waals surface area contributed by atoms with Crippen LogP contribution in [-0.4, -0.2) is 47.1 Å². The molecule has 1 atom stereocenters. The fraction of sp³-hybridized carbons (Fsp3) is 0.346. The summed E-state index contributed by atoms with van der Waals surface area (Å²) in [5, 5.41) is 20.2. The first-order valence-corrected chi connectivity index (χ1v) is 12.0. The second-order valence-electron chi connectivity index (χ2n) is 8.84. The lowest BCUT2D eigenvalue weighted by Gasteiger charge is -2.27. The van der Waals surface area contributed by atoms with Gasteiger partial charge in [0.15, 0.2) is 5.78 Å². The summed E-state index contributed by atoms with van der Waals surface area (Å²) < 4.78 is 25.7. The van der Waals surface area contributed by atoms with Crippen LogP contribution in [0, 0.1) is 5.82 Å². The largest absolute Gasteiger partial charge is 0.495 e. The molecule has 1 aliphatic carbocycles. The van der Waals surface area contributed by atoms with E-state index in [1.165, 1.54) is 7.11 Å². The van der Waals surface area contributed by atoms with Gasteiger partial charge in [0, 0.05) is 12.5 Å². The van der Waals surface area contributed by atoms with Gasteiger partial charge < -0.3 is 25.2 Å². The molecule has 0 bridgehead atoms. The predicted octanol–water partition coefficient (Wildman–Crippen LogP) is 3.62. The number of hydrogen-bond acceptors (Lipinski definition) is 9. The number of halogens is 1. The molecule has 2 aromatic carbocycles. The molecule has 2 aliphatic rings. The molecule has 0 radical (unpaired) electrons. The Morgan fingerprint density at radius 3 is 2.81 bits per heavy atom. The van der Waals surface area contributed by atoms with Crippen LogP contribution in [0.1, 0.15) is 47.0 Å². The first-order valence-electron chi connectivity index (χ1n) is 12.0. The maximum Gasteiger partial charge on any atom is 0.260 e. The fourth-order valence-corrected chi connectivity index (χ4v) is 4.56. The second kappa shape index (κ2) is 10.6. The summed E-state index contributed by atoms with van der Waals surface area (Å²) in [6.07, 6.45) is 3.10. The molecule has 0 spiro atoms. The van der Waals surface area contributed by atoms with Crippen molar-refractivity contribution in [1.29, 1.82) is 0 Å². The number of ether oxygens (including phenoxy) is 2. The number of benzene rings is 2. The summed E-state index contributed by atoms with van der Waals surface area (Å²) in [5.74, 6) is -0.258. The van der Waals surface area contributed by atoms with E-state index < -0.39 is 12.0 Å². The van der Waals surface area contributed by atoms with Gasteiger partial charge in [0.1, 0.15) is 17.7 Å². The molecule has 188 valence electrons. The summed E-state index contributed by atoms with van der Waals surface area (Å²) in [5.41, 5.74) is 2.54. The number of ketones is 1. The van der Waals surface area contributed by atoms with E-state index in [0.717, 1.165) is 37.7 Å². The van der Waals surface area contributed by atoms with Crippen LogP contribution in [0.5, 0.6) is 17.4 Å². The molecule has 4 N–H and O–H groups in total. The molecule has 0 amide bonds. The van der Waals surface area contributed by atoms with Crippen LogP contribution in [-0.2, 0) is 6.42 Å². The molecule has 1 aromatic heterocycles. The smallest absolute Gasteiger partial charge is 0.260 e. The van der Waals surface area contributed by atoms with Crippen molar-refractivity contribution in [3.8, 4) is 17.4 Å². The molecule has 36 heavy (non-hydrogen) atoms. The SMILES string of the molecule is COc1cc(C(O)NC2CCNCC2)ccc1Nc1ncc(F)c(Oc2cccc3c2C(=O)CC3)n1. The number of nitrogens with zero attached hydrogens (tertiary/aromatic N) is 2. The van der Waals surface area contributed by atoms with Gasteiger partial charge in [-0.1, -0.05) is 18.2 Å². The van der Waals surface area contributed by atoms with E-state index in [1.807, 2.05) is 6.07 Å². The van der Waals surface area contributed by atoms with Gasteiger partial charge in [0.25, 0.3) is 5.88 Å². The van der Waals surface area contributed by atoms with Crippen molar-refractivity contribution in [1.82, 2.24) is 20.6 Å². The van der Waals surface area contributed by atoms with Crippen LogP contribution in [0.4, 0.5) is 16.0 Å². The summed E-state index contributed by atoms with van der Waals surface area (Å²) in [6, 6.07) is 10.7. The summed E-state index contributed by atoms with van der Waals surface area (Å²) in [4.78, 5) is 20.4. The minimum Gasteiger partial charge on any atom is -0.495 e. The summed E-state index contributed by atoms with van der Waals surface area (Å²) in [6.45, 7) is 1.84. The number of Topliss-reactive ketones (excluding diaryl/α,β-unsaturated/α-hetero) is 1. The molecule has 9 nitrogen and oxygen atoms in total. The number of fused-ring (bicyclic) bond motifs is 1. The van der Waals surface area contributed by atoms with Crippen LogP contribution >= 0.6 is 0 Å². The predicted molar refractivity (Wildman–Crippen MR) is 131 cm³/mol. The van der Waals surface area contributed by atoms with E-state index in [4.69, 9.17) is 9.47 Å². The maximum atomic E-state index is 14.5. The third-order valence-corrected chi connectivity index (χ3v) is 6.45. The lowest BCUT2D eigenvalue weighted by molar-refractivity contribution is 0.0992. The Kier molecular flexibility index (Phi) is 7.08. The monoisotopic (exact) mass is 493 g/mol. The van der Waals surface area contributed by atoms with Gasteiger partial charge in [-0.3, -0.25) is 10.1 Å². The maximum absolute atomic E-state index is 14.5. The zero-order valence-corrected chi connectivity index (χ0v) is 19.9. The van der Waals surface area contributed by atoms with E-state index in [9.17, 15) is 14.3 Å². The van der Waals surface area contributed by atoms with Gasteiger partial charge in [-0.2, -0.15) is 9.37 Å². The number of piperidine rings is 1. The van der Waals surface area contributed by atoms with Crippen molar-refractivity contribution < 1.29 is 23.8 Å². The Bertz CT molecular complexity index is 1270. The Morgan fingerprint density at radius 1 is 1.17 bits per heavy atom. The Morgan fingerprint density at radius 2 is 2.00 bits per heavy atom. The lowest BCUT2D eigenvalue weighted by Crippen LogP contribution is -2.41. The van der Waals surface area contributed by atoms with Crippen molar-refractivity contribution in [2.75, 3.05) is 25.5 Å². The number of aliphatic hydroxyl groups is 1. The zero-order valence-electron chi connectivity index (χ0n) is 19.9. The number of rotatable bonds is 8. The van der Waals surface area contributed by atoms with Gasteiger partial charge in [0.2, 0.25) is 11.8 Å². The van der Waals surface area contributed by atoms with Crippen LogP contribution in [0.3, 0.4) is 0 Å². The Labute approximate surface area is 208 Å². The van der Waals surface area contributed by atoms with Crippen molar-refractivity contribution in [3.63, 3.8) is 0 Å². The molecule has 1 unspecified atom stereocenters. The number of aliphatic hydroxyl groups excluding tert-OH is 1. The van der Waals surface area contributed by atoms with Gasteiger partial charge in [-0.05, 0) is 61.7 Å². The second-order valence-corrected chi connectivity index (χ2v) is 8.84. The van der Waals surface area contributed by atoms with Gasteiger partial charge in [0.05, 0.1) is 24.6 Å². The molecule has 1 fully saturated rings. The number of anilines is 2. The molecular weight excluding hydrogens is 465 g/mol. The topological polar surface area (TPSA) is 118 Å². The zero-order chi connectivity index (χ0) is 25.1. The van der Waals surface area contributed by atoms with Gasteiger partial charge in [-0.25, -0.2) is 4.98 Å². The fourth-order valence-electron chi connectivity index (χ4n) is 4.56. The Hall–Kier alpha value is -3.60. The highest BCUT2D eigenvalue weighted by Gasteiger charge is 2.25. The first-order chi connectivity index (χ1) is 17.5. The number of aryl methyl sites for hydroxylation is 1. The van der Waals surface area contributed by atoms with Gasteiger partial charge in [-0.15, -0.1) is 0 Å². The number of aromatic nitrogens is 2. The molecule has 3 aromatic rings. The molecule has 10 heteroatoms. The number of carbonyl (C=O) groups is 1. The van der Waals surface area contributed by atoms with Gasteiger partial charge >= 0.3 is 0 Å². The normalized spacial score (nSPS) is 16.5. The van der Waals surface area contributed by atoms with E-state index in [-0.39, 0.29) is 29.4 Å². The standard InChI is InChI=1S/C26H28FN5O4/c1-35-22-13-16(24(34)30-17-9-11-28-12-10-17)5-7-19(22)31-26-29-14-18(27)25(32-26)36-21-4-2-3-15-6-8-20(33)23(15)21/h2-5,7,13-14,17,24,28,30,34H,6,8-12H2,1H3,(H,29,31,32). The molecule has 2 heterocycles. The lowest BCUT2D eigenvalue weighted by atomic mass is 10.1. The van der Waals surface area contributed by atoms with Crippen LogP contribution in [0.2, 0.25) is 0 Å². The minimum atomic E-state index is -0.839. The van der Waals surface area contributed by atoms with Crippen LogP contribution < -0.4 is 25.4 Å². The quantitative estimate of drug-likeness (QED) is 0.349. The third-order valence-electron chi connectivity index (χ3n) is 6.45. The van der Waals surface area contributed by atoms with Crippen molar-refractivity contribution in [3.05, 3.63) is 65.1 Å². The summed E-state index contributed by atoms with van der Waals surface area (Å²) in [7, 11) is 1.52. The number of carbonyl (C=O) groups excluding carboxylic acids is 1. The van der Waals surface area contributed by atoms with Crippen molar-refractivity contribution >= 4 is 17.4 Å². The minimum absolute atomic E-state index is 0.0323. The number of nitrogens with one attached hydrogen (secondary N) is 3. The van der Waals surface area contributed by atoms with Crippen molar-refractivity contribution in [2.45, 2.75) is 38.0 Å².